The molecule has 1 heterocycles. The van der Waals surface area contributed by atoms with E-state index in [-0.39, 0.29) is 12.5 Å². The van der Waals surface area contributed by atoms with Gasteiger partial charge >= 0.3 is 5.97 Å². The zero-order chi connectivity index (χ0) is 15.4. The van der Waals surface area contributed by atoms with Gasteiger partial charge in [0.15, 0.2) is 6.61 Å². The highest BCUT2D eigenvalue weighted by atomic mass is 16.5. The minimum atomic E-state index is -0.849. The second kappa shape index (κ2) is 6.58. The molecule has 1 aromatic carbocycles. The van der Waals surface area contributed by atoms with E-state index in [1.54, 1.807) is 12.1 Å². The highest BCUT2D eigenvalue weighted by Gasteiger charge is 2.19. The van der Waals surface area contributed by atoms with Crippen molar-refractivity contribution in [3.8, 4) is 5.75 Å². The van der Waals surface area contributed by atoms with Crippen LogP contribution in [0.2, 0.25) is 0 Å². The Hall–Kier alpha value is -2.08. The lowest BCUT2D eigenvalue weighted by Crippen LogP contribution is -2.37. The number of hydrogen-bond acceptors (Lipinski definition) is 4. The second-order valence-corrected chi connectivity index (χ2v) is 5.57. The number of anilines is 1. The summed E-state index contributed by atoms with van der Waals surface area (Å²) in [4.78, 5) is 22.5. The van der Waals surface area contributed by atoms with Crippen LogP contribution in [0.5, 0.6) is 5.75 Å². The summed E-state index contributed by atoms with van der Waals surface area (Å²) < 4.78 is 5.28. The van der Waals surface area contributed by atoms with Crippen molar-refractivity contribution in [1.82, 2.24) is 5.32 Å². The van der Waals surface area contributed by atoms with Crippen LogP contribution in [0.25, 0.3) is 0 Å². The average molecular weight is 292 g/mol. The van der Waals surface area contributed by atoms with Crippen LogP contribution < -0.4 is 15.4 Å². The number of hydrogen-bond donors (Lipinski definition) is 3. The van der Waals surface area contributed by atoms with Crippen LogP contribution >= 0.6 is 0 Å². The molecular weight excluding hydrogens is 272 g/mol. The number of fused-ring (bicyclic) bond motifs is 1. The highest BCUT2D eigenvalue weighted by molar-refractivity contribution is 5.95. The molecule has 0 bridgehead atoms. The number of carbonyl (C=O) groups excluding carboxylic acids is 1. The van der Waals surface area contributed by atoms with Gasteiger partial charge in [-0.3, -0.25) is 9.59 Å². The van der Waals surface area contributed by atoms with Crippen LogP contribution in [0, 0.1) is 5.92 Å². The SMILES string of the molecule is CC(C)CC(NCc1ccc2c(c1)NC(=O)CO2)C(=O)O. The molecule has 0 saturated carbocycles. The Balaban J connectivity index is 2.01. The van der Waals surface area contributed by atoms with Crippen LogP contribution in [0.4, 0.5) is 5.69 Å². The quantitative estimate of drug-likeness (QED) is 0.741. The lowest BCUT2D eigenvalue weighted by atomic mass is 10.0. The molecule has 0 aromatic heterocycles. The topological polar surface area (TPSA) is 87.7 Å². The van der Waals surface area contributed by atoms with Crippen LogP contribution in [-0.4, -0.2) is 29.6 Å². The van der Waals surface area contributed by atoms with Crippen LogP contribution in [0.15, 0.2) is 18.2 Å². The zero-order valence-electron chi connectivity index (χ0n) is 12.2. The molecule has 0 spiro atoms. The first-order valence-electron chi connectivity index (χ1n) is 6.97. The molecule has 6 nitrogen and oxygen atoms in total. The summed E-state index contributed by atoms with van der Waals surface area (Å²) in [6, 6.07) is 4.86. The van der Waals surface area contributed by atoms with Gasteiger partial charge in [-0.15, -0.1) is 0 Å². The summed E-state index contributed by atoms with van der Waals surface area (Å²) in [5.74, 6) is -0.0979. The van der Waals surface area contributed by atoms with Crippen molar-refractivity contribution in [3.63, 3.8) is 0 Å². The number of rotatable bonds is 6. The van der Waals surface area contributed by atoms with E-state index in [2.05, 4.69) is 10.6 Å². The predicted molar refractivity (Wildman–Crippen MR) is 78.3 cm³/mol. The molecule has 0 aliphatic carbocycles. The standard InChI is InChI=1S/C15H20N2O4/c1-9(2)5-12(15(19)20)16-7-10-3-4-13-11(6-10)17-14(18)8-21-13/h3-4,6,9,12,16H,5,7-8H2,1-2H3,(H,17,18)(H,19,20). The first-order valence-corrected chi connectivity index (χ1v) is 6.97. The number of aliphatic carboxylic acids is 1. The van der Waals surface area contributed by atoms with Gasteiger partial charge in [0.25, 0.3) is 5.91 Å². The smallest absolute Gasteiger partial charge is 0.320 e. The van der Waals surface area contributed by atoms with E-state index in [4.69, 9.17) is 4.74 Å². The van der Waals surface area contributed by atoms with Crippen molar-refractivity contribution in [2.24, 2.45) is 5.92 Å². The molecule has 0 radical (unpaired) electrons. The number of carbonyl (C=O) groups is 2. The molecule has 2 rings (SSSR count). The molecule has 1 aliphatic rings. The monoisotopic (exact) mass is 292 g/mol. The number of amides is 1. The fraction of sp³-hybridized carbons (Fsp3) is 0.467. The molecular formula is C15H20N2O4. The Morgan fingerprint density at radius 3 is 2.90 bits per heavy atom. The van der Waals surface area contributed by atoms with Gasteiger partial charge in [-0.2, -0.15) is 0 Å². The number of benzene rings is 1. The van der Waals surface area contributed by atoms with Gasteiger partial charge in [0.1, 0.15) is 11.8 Å². The van der Waals surface area contributed by atoms with Crippen LogP contribution in [-0.2, 0) is 16.1 Å². The Morgan fingerprint density at radius 2 is 2.24 bits per heavy atom. The van der Waals surface area contributed by atoms with E-state index >= 15 is 0 Å². The van der Waals surface area contributed by atoms with Crippen molar-refractivity contribution >= 4 is 17.6 Å². The number of carboxylic acid groups (broad SMARTS) is 1. The normalized spacial score (nSPS) is 15.1. The van der Waals surface area contributed by atoms with Crippen LogP contribution in [0.3, 0.4) is 0 Å². The largest absolute Gasteiger partial charge is 0.482 e. The maximum absolute atomic E-state index is 11.3. The predicted octanol–water partition coefficient (Wildman–Crippen LogP) is 1.61. The number of carboxylic acids is 1. The van der Waals surface area contributed by atoms with E-state index in [1.165, 1.54) is 0 Å². The molecule has 1 aliphatic heterocycles. The zero-order valence-corrected chi connectivity index (χ0v) is 12.2. The third-order valence-corrected chi connectivity index (χ3v) is 3.23. The van der Waals surface area contributed by atoms with E-state index < -0.39 is 12.0 Å². The lowest BCUT2D eigenvalue weighted by molar-refractivity contribution is -0.140. The van der Waals surface area contributed by atoms with Crippen molar-refractivity contribution < 1.29 is 19.4 Å². The van der Waals surface area contributed by atoms with Crippen molar-refractivity contribution in [3.05, 3.63) is 23.8 Å². The minimum Gasteiger partial charge on any atom is -0.482 e. The first-order chi connectivity index (χ1) is 9.95. The van der Waals surface area contributed by atoms with Gasteiger partial charge in [-0.05, 0) is 30.0 Å². The number of nitrogens with one attached hydrogen (secondary N) is 2. The average Bonchev–Trinajstić information content (AvgIpc) is 2.42. The Labute approximate surface area is 123 Å². The number of ether oxygens (including phenoxy) is 1. The Bertz CT molecular complexity index is 542. The molecule has 6 heteroatoms. The van der Waals surface area contributed by atoms with E-state index in [9.17, 15) is 14.7 Å². The Morgan fingerprint density at radius 1 is 1.48 bits per heavy atom. The van der Waals surface area contributed by atoms with E-state index in [1.807, 2.05) is 19.9 Å². The van der Waals surface area contributed by atoms with Gasteiger partial charge in [0.05, 0.1) is 5.69 Å². The minimum absolute atomic E-state index is 0.0279. The Kier molecular flexibility index (Phi) is 4.80. The van der Waals surface area contributed by atoms with Gasteiger partial charge in [-0.1, -0.05) is 19.9 Å². The van der Waals surface area contributed by atoms with E-state index in [0.717, 1.165) is 5.56 Å². The summed E-state index contributed by atoms with van der Waals surface area (Å²) in [5.41, 5.74) is 1.52. The molecule has 0 saturated heterocycles. The van der Waals surface area contributed by atoms with Crippen LogP contribution in [0.1, 0.15) is 25.8 Å². The molecule has 1 atom stereocenters. The first kappa shape index (κ1) is 15.3. The molecule has 114 valence electrons. The van der Waals surface area contributed by atoms with Gasteiger partial charge in [0, 0.05) is 6.54 Å². The molecule has 21 heavy (non-hydrogen) atoms. The van der Waals surface area contributed by atoms with Crippen molar-refractivity contribution in [1.29, 1.82) is 0 Å². The maximum Gasteiger partial charge on any atom is 0.320 e. The molecule has 3 N–H and O–H groups in total. The molecule has 1 amide bonds. The van der Waals surface area contributed by atoms with Gasteiger partial charge < -0.3 is 20.5 Å². The summed E-state index contributed by atoms with van der Waals surface area (Å²) in [7, 11) is 0. The molecule has 1 unspecified atom stereocenters. The van der Waals surface area contributed by atoms with Gasteiger partial charge in [0.2, 0.25) is 0 Å². The molecule has 0 fully saturated rings. The summed E-state index contributed by atoms with van der Waals surface area (Å²) in [5, 5.41) is 15.0. The van der Waals surface area contributed by atoms with E-state index in [0.29, 0.717) is 30.3 Å². The fourth-order valence-corrected chi connectivity index (χ4v) is 2.22. The van der Waals surface area contributed by atoms with Gasteiger partial charge in [-0.25, -0.2) is 0 Å². The van der Waals surface area contributed by atoms with Crippen molar-refractivity contribution in [2.45, 2.75) is 32.9 Å². The lowest BCUT2D eigenvalue weighted by Gasteiger charge is -2.20. The summed E-state index contributed by atoms with van der Waals surface area (Å²) in [6.45, 7) is 4.43. The summed E-state index contributed by atoms with van der Waals surface area (Å²) >= 11 is 0. The van der Waals surface area contributed by atoms with Crippen molar-refractivity contribution in [2.75, 3.05) is 11.9 Å². The summed E-state index contributed by atoms with van der Waals surface area (Å²) in [6.07, 6.45) is 0.570. The fourth-order valence-electron chi connectivity index (χ4n) is 2.22. The highest BCUT2D eigenvalue weighted by Crippen LogP contribution is 2.28. The maximum atomic E-state index is 11.3. The second-order valence-electron chi connectivity index (χ2n) is 5.57. The third kappa shape index (κ3) is 4.19. The third-order valence-electron chi connectivity index (χ3n) is 3.23. The molecule has 1 aromatic rings.